The summed E-state index contributed by atoms with van der Waals surface area (Å²) in [5.41, 5.74) is 6.71. The lowest BCUT2D eigenvalue weighted by atomic mass is 10.1. The first-order chi connectivity index (χ1) is 11.8. The van der Waals surface area contributed by atoms with Crippen LogP contribution in [0.3, 0.4) is 0 Å². The van der Waals surface area contributed by atoms with Gasteiger partial charge in [-0.3, -0.25) is 4.90 Å². The lowest BCUT2D eigenvalue weighted by Crippen LogP contribution is -2.31. The Morgan fingerprint density at radius 1 is 1.38 bits per heavy atom. The van der Waals surface area contributed by atoms with Crippen molar-refractivity contribution in [2.45, 2.75) is 38.6 Å². The molecule has 1 aromatic carbocycles. The quantitative estimate of drug-likeness (QED) is 0.787. The van der Waals surface area contributed by atoms with E-state index in [1.807, 2.05) is 18.2 Å². The molecule has 1 fully saturated rings. The second-order valence-electron chi connectivity index (χ2n) is 5.96. The van der Waals surface area contributed by atoms with Gasteiger partial charge in [0.05, 0.1) is 26.3 Å². The number of nitrogens with two attached hydrogens (primary N) is 1. The van der Waals surface area contributed by atoms with Crippen LogP contribution >= 0.6 is 0 Å². The van der Waals surface area contributed by atoms with Crippen molar-refractivity contribution < 1.29 is 14.0 Å². The van der Waals surface area contributed by atoms with Gasteiger partial charge in [-0.25, -0.2) is 0 Å². The van der Waals surface area contributed by atoms with Gasteiger partial charge in [0, 0.05) is 19.7 Å². The van der Waals surface area contributed by atoms with Crippen LogP contribution in [-0.2, 0) is 24.4 Å². The highest BCUT2D eigenvalue weighted by Gasteiger charge is 2.21. The Labute approximate surface area is 141 Å². The lowest BCUT2D eigenvalue weighted by molar-refractivity contribution is 0.0667. The van der Waals surface area contributed by atoms with Crippen molar-refractivity contribution in [3.05, 3.63) is 41.5 Å². The summed E-state index contributed by atoms with van der Waals surface area (Å²) in [6.07, 6.45) is 2.48. The molecule has 0 bridgehead atoms. The molecule has 0 spiro atoms. The van der Waals surface area contributed by atoms with Gasteiger partial charge in [-0.15, -0.1) is 0 Å². The molecular formula is C17H24N4O3. The van der Waals surface area contributed by atoms with E-state index >= 15 is 0 Å². The third-order valence-corrected chi connectivity index (χ3v) is 4.08. The van der Waals surface area contributed by atoms with Gasteiger partial charge in [0.25, 0.3) is 0 Å². The molecule has 7 nitrogen and oxygen atoms in total. The van der Waals surface area contributed by atoms with Gasteiger partial charge in [0.1, 0.15) is 5.75 Å². The molecule has 1 unspecified atom stereocenters. The topological polar surface area (TPSA) is 86.6 Å². The molecule has 1 aliphatic heterocycles. The summed E-state index contributed by atoms with van der Waals surface area (Å²) in [5, 5.41) is 4.00. The van der Waals surface area contributed by atoms with E-state index in [0.717, 1.165) is 38.3 Å². The Hall–Kier alpha value is -1.96. The smallest absolute Gasteiger partial charge is 0.240 e. The van der Waals surface area contributed by atoms with Crippen LogP contribution in [0.1, 0.15) is 30.1 Å². The van der Waals surface area contributed by atoms with E-state index in [9.17, 15) is 0 Å². The molecule has 1 saturated heterocycles. The minimum atomic E-state index is 0.259. The number of aromatic nitrogens is 2. The highest BCUT2D eigenvalue weighted by molar-refractivity contribution is 5.28. The van der Waals surface area contributed by atoms with Crippen LogP contribution < -0.4 is 10.5 Å². The Morgan fingerprint density at radius 3 is 3.00 bits per heavy atom. The van der Waals surface area contributed by atoms with E-state index in [4.69, 9.17) is 19.7 Å². The minimum absolute atomic E-state index is 0.259. The molecule has 2 heterocycles. The molecule has 1 aliphatic rings. The maximum Gasteiger partial charge on any atom is 0.240 e. The van der Waals surface area contributed by atoms with Crippen molar-refractivity contribution in [2.24, 2.45) is 5.73 Å². The van der Waals surface area contributed by atoms with Gasteiger partial charge < -0.3 is 19.7 Å². The van der Waals surface area contributed by atoms with Crippen LogP contribution in [0.4, 0.5) is 0 Å². The zero-order chi connectivity index (χ0) is 16.8. The maximum absolute atomic E-state index is 5.78. The van der Waals surface area contributed by atoms with E-state index in [0.29, 0.717) is 18.3 Å². The van der Waals surface area contributed by atoms with Crippen molar-refractivity contribution in [3.63, 3.8) is 0 Å². The lowest BCUT2D eigenvalue weighted by Gasteiger charge is -2.24. The molecule has 2 N–H and O–H groups in total. The molecule has 0 saturated carbocycles. The molecule has 1 aromatic heterocycles. The average Bonchev–Trinajstić information content (AvgIpc) is 3.26. The number of rotatable bonds is 8. The molecule has 3 rings (SSSR count). The van der Waals surface area contributed by atoms with Gasteiger partial charge in [0.15, 0.2) is 5.82 Å². The van der Waals surface area contributed by atoms with Gasteiger partial charge in [-0.05, 0) is 30.5 Å². The Kier molecular flexibility index (Phi) is 5.79. The van der Waals surface area contributed by atoms with Crippen molar-refractivity contribution in [2.75, 3.05) is 20.3 Å². The number of ether oxygens (including phenoxy) is 2. The molecular weight excluding hydrogens is 308 g/mol. The van der Waals surface area contributed by atoms with E-state index in [1.54, 1.807) is 7.11 Å². The summed E-state index contributed by atoms with van der Waals surface area (Å²) in [7, 11) is 1.68. The molecule has 2 aromatic rings. The molecule has 1 atom stereocenters. The van der Waals surface area contributed by atoms with Gasteiger partial charge in [-0.2, -0.15) is 4.98 Å². The van der Waals surface area contributed by atoms with Crippen LogP contribution in [0.2, 0.25) is 0 Å². The Balaban J connectivity index is 1.70. The van der Waals surface area contributed by atoms with Gasteiger partial charge >= 0.3 is 0 Å². The van der Waals surface area contributed by atoms with Crippen LogP contribution in [0.25, 0.3) is 0 Å². The highest BCUT2D eigenvalue weighted by Crippen LogP contribution is 2.19. The number of methoxy groups -OCH3 is 1. The van der Waals surface area contributed by atoms with Crippen molar-refractivity contribution in [1.29, 1.82) is 0 Å². The maximum atomic E-state index is 5.78. The van der Waals surface area contributed by atoms with E-state index in [1.165, 1.54) is 5.56 Å². The van der Waals surface area contributed by atoms with Crippen molar-refractivity contribution in [1.82, 2.24) is 15.0 Å². The van der Waals surface area contributed by atoms with Gasteiger partial charge in [-0.1, -0.05) is 17.3 Å². The van der Waals surface area contributed by atoms with Crippen LogP contribution in [0.15, 0.2) is 28.8 Å². The first-order valence-corrected chi connectivity index (χ1v) is 8.25. The number of hydrogen-bond acceptors (Lipinski definition) is 7. The summed E-state index contributed by atoms with van der Waals surface area (Å²) in [5.74, 6) is 1.97. The molecule has 7 heteroatoms. The second-order valence-corrected chi connectivity index (χ2v) is 5.96. The Morgan fingerprint density at radius 2 is 2.29 bits per heavy atom. The fourth-order valence-electron chi connectivity index (χ4n) is 2.93. The minimum Gasteiger partial charge on any atom is -0.497 e. The van der Waals surface area contributed by atoms with Crippen LogP contribution in [0, 0.1) is 0 Å². The fourth-order valence-corrected chi connectivity index (χ4v) is 2.93. The first kappa shape index (κ1) is 16.9. The monoisotopic (exact) mass is 332 g/mol. The highest BCUT2D eigenvalue weighted by atomic mass is 16.5. The molecule has 0 aliphatic carbocycles. The van der Waals surface area contributed by atoms with Gasteiger partial charge in [0.2, 0.25) is 5.89 Å². The van der Waals surface area contributed by atoms with E-state index < -0.39 is 0 Å². The third kappa shape index (κ3) is 4.53. The number of benzene rings is 1. The van der Waals surface area contributed by atoms with Crippen molar-refractivity contribution >= 4 is 0 Å². The molecule has 24 heavy (non-hydrogen) atoms. The standard InChI is InChI=1S/C17H24N4O3/c1-22-14-5-2-4-13(8-14)10-21(11-15-6-3-7-23-15)12-16-19-17(9-18)24-20-16/h2,4-5,8,15H,3,6-7,9-12,18H2,1H3. The zero-order valence-corrected chi connectivity index (χ0v) is 14.0. The summed E-state index contributed by atoms with van der Waals surface area (Å²) < 4.78 is 16.2. The summed E-state index contributed by atoms with van der Waals surface area (Å²) in [6.45, 7) is 3.31. The van der Waals surface area contributed by atoms with Crippen molar-refractivity contribution in [3.8, 4) is 5.75 Å². The van der Waals surface area contributed by atoms with E-state index in [-0.39, 0.29) is 12.6 Å². The summed E-state index contributed by atoms with van der Waals surface area (Å²) in [6, 6.07) is 8.08. The molecule has 0 amide bonds. The normalized spacial score (nSPS) is 17.5. The molecule has 130 valence electrons. The average molecular weight is 332 g/mol. The fraction of sp³-hybridized carbons (Fsp3) is 0.529. The first-order valence-electron chi connectivity index (χ1n) is 8.25. The number of nitrogens with zero attached hydrogens (tertiary/aromatic N) is 3. The zero-order valence-electron chi connectivity index (χ0n) is 14.0. The SMILES string of the molecule is COc1cccc(CN(Cc2noc(CN)n2)CC2CCCO2)c1. The Bertz CT molecular complexity index is 640. The molecule has 0 radical (unpaired) electrons. The predicted octanol–water partition coefficient (Wildman–Crippen LogP) is 1.72. The predicted molar refractivity (Wildman–Crippen MR) is 88.3 cm³/mol. The number of hydrogen-bond donors (Lipinski definition) is 1. The van der Waals surface area contributed by atoms with Crippen LogP contribution in [0.5, 0.6) is 5.75 Å². The van der Waals surface area contributed by atoms with E-state index in [2.05, 4.69) is 21.1 Å². The largest absolute Gasteiger partial charge is 0.497 e. The summed E-state index contributed by atoms with van der Waals surface area (Å²) in [4.78, 5) is 6.58. The van der Waals surface area contributed by atoms with Crippen LogP contribution in [-0.4, -0.2) is 41.4 Å². The second kappa shape index (κ2) is 8.23. The third-order valence-electron chi connectivity index (χ3n) is 4.08. The summed E-state index contributed by atoms with van der Waals surface area (Å²) >= 11 is 0.